The molecule has 0 radical (unpaired) electrons. The van der Waals surface area contributed by atoms with Crippen molar-refractivity contribution in [1.82, 2.24) is 9.97 Å². The van der Waals surface area contributed by atoms with Crippen LogP contribution in [0.3, 0.4) is 0 Å². The van der Waals surface area contributed by atoms with Crippen LogP contribution in [0, 0.1) is 0 Å². The first-order valence-corrected chi connectivity index (χ1v) is 3.02. The van der Waals surface area contributed by atoms with E-state index in [9.17, 15) is 4.79 Å². The molecule has 12 heavy (non-hydrogen) atoms. The van der Waals surface area contributed by atoms with E-state index in [1.807, 2.05) is 0 Å². The zero-order valence-electron chi connectivity index (χ0n) is 5.88. The van der Waals surface area contributed by atoms with Gasteiger partial charge >= 0.3 is 5.97 Å². The molecule has 0 saturated heterocycles. The number of hydrogen-bond acceptors (Lipinski definition) is 5. The van der Waals surface area contributed by atoms with Crippen molar-refractivity contribution in [2.24, 2.45) is 0 Å². The largest absolute Gasteiger partial charge is 0.478 e. The van der Waals surface area contributed by atoms with E-state index in [0.29, 0.717) is 0 Å². The van der Waals surface area contributed by atoms with E-state index < -0.39 is 12.3 Å². The van der Waals surface area contributed by atoms with Crippen LogP contribution in [0.1, 0.15) is 22.5 Å². The monoisotopic (exact) mass is 170 g/mol. The lowest BCUT2D eigenvalue weighted by Gasteiger charge is -2.00. The molecule has 0 aliphatic carbocycles. The van der Waals surface area contributed by atoms with Crippen LogP contribution in [-0.4, -0.2) is 31.3 Å². The normalized spacial score (nSPS) is 10.2. The summed E-state index contributed by atoms with van der Waals surface area (Å²) >= 11 is 0. The van der Waals surface area contributed by atoms with Gasteiger partial charge in [-0.15, -0.1) is 0 Å². The Morgan fingerprint density at radius 2 is 1.83 bits per heavy atom. The smallest absolute Gasteiger partial charge is 0.338 e. The van der Waals surface area contributed by atoms with Gasteiger partial charge in [0.25, 0.3) is 0 Å². The lowest BCUT2D eigenvalue weighted by atomic mass is 10.3. The molecule has 6 nitrogen and oxygen atoms in total. The van der Waals surface area contributed by atoms with Gasteiger partial charge in [-0.3, -0.25) is 0 Å². The summed E-state index contributed by atoms with van der Waals surface area (Å²) in [6, 6.07) is 0. The highest BCUT2D eigenvalue weighted by Crippen LogP contribution is 2.02. The van der Waals surface area contributed by atoms with Crippen molar-refractivity contribution < 1.29 is 20.1 Å². The Labute approximate surface area is 67.1 Å². The minimum Gasteiger partial charge on any atom is -0.478 e. The van der Waals surface area contributed by atoms with Crippen molar-refractivity contribution >= 4 is 5.97 Å². The first-order chi connectivity index (χ1) is 5.61. The van der Waals surface area contributed by atoms with Crippen molar-refractivity contribution in [2.45, 2.75) is 6.29 Å². The van der Waals surface area contributed by atoms with Crippen LogP contribution in [-0.2, 0) is 0 Å². The number of rotatable bonds is 2. The van der Waals surface area contributed by atoms with E-state index in [-0.39, 0.29) is 11.4 Å². The van der Waals surface area contributed by atoms with Gasteiger partial charge in [0.05, 0.1) is 5.56 Å². The first-order valence-electron chi connectivity index (χ1n) is 3.02. The Hall–Kier alpha value is -1.53. The average Bonchev–Trinajstić information content (AvgIpc) is 2.04. The van der Waals surface area contributed by atoms with Gasteiger partial charge in [-0.1, -0.05) is 0 Å². The third-order valence-electron chi connectivity index (χ3n) is 1.15. The lowest BCUT2D eigenvalue weighted by Crippen LogP contribution is -2.05. The predicted octanol–water partition coefficient (Wildman–Crippen LogP) is -0.842. The Kier molecular flexibility index (Phi) is 2.32. The fourth-order valence-corrected chi connectivity index (χ4v) is 0.582. The molecule has 0 aliphatic rings. The van der Waals surface area contributed by atoms with Gasteiger partial charge in [-0.05, 0) is 0 Å². The van der Waals surface area contributed by atoms with Crippen molar-refractivity contribution in [3.63, 3.8) is 0 Å². The van der Waals surface area contributed by atoms with Gasteiger partial charge in [-0.25, -0.2) is 14.8 Å². The summed E-state index contributed by atoms with van der Waals surface area (Å²) in [5, 5.41) is 25.5. The molecular weight excluding hydrogens is 164 g/mol. The maximum Gasteiger partial charge on any atom is 0.338 e. The molecule has 0 aromatic carbocycles. The number of aliphatic hydroxyl groups excluding tert-OH is 1. The summed E-state index contributed by atoms with van der Waals surface area (Å²) in [5.74, 6) is -1.38. The molecule has 0 spiro atoms. The summed E-state index contributed by atoms with van der Waals surface area (Å²) < 4.78 is 0. The summed E-state index contributed by atoms with van der Waals surface area (Å²) in [6.45, 7) is 0. The van der Waals surface area contributed by atoms with Gasteiger partial charge in [-0.2, -0.15) is 0 Å². The van der Waals surface area contributed by atoms with Crippen LogP contribution in [0.15, 0.2) is 12.4 Å². The molecule has 1 rings (SSSR count). The fourth-order valence-electron chi connectivity index (χ4n) is 0.582. The number of carboxylic acid groups (broad SMARTS) is 1. The van der Waals surface area contributed by atoms with Gasteiger partial charge in [0.15, 0.2) is 5.82 Å². The molecule has 0 fully saturated rings. The SMILES string of the molecule is O=C(O)c1cnc(C(O)O)nc1. The van der Waals surface area contributed by atoms with Crippen molar-refractivity contribution in [3.8, 4) is 0 Å². The van der Waals surface area contributed by atoms with Crippen molar-refractivity contribution in [1.29, 1.82) is 0 Å². The first kappa shape index (κ1) is 8.57. The van der Waals surface area contributed by atoms with Crippen LogP contribution in [0.2, 0.25) is 0 Å². The van der Waals surface area contributed by atoms with Crippen LogP contribution in [0.25, 0.3) is 0 Å². The quantitative estimate of drug-likeness (QED) is 0.500. The van der Waals surface area contributed by atoms with Crippen LogP contribution in [0.5, 0.6) is 0 Å². The third kappa shape index (κ3) is 1.74. The average molecular weight is 170 g/mol. The second-order valence-electron chi connectivity index (χ2n) is 2.01. The number of aromatic nitrogens is 2. The lowest BCUT2D eigenvalue weighted by molar-refractivity contribution is -0.0495. The van der Waals surface area contributed by atoms with Gasteiger partial charge in [0.2, 0.25) is 6.29 Å². The highest BCUT2D eigenvalue weighted by molar-refractivity contribution is 5.86. The van der Waals surface area contributed by atoms with E-state index >= 15 is 0 Å². The number of carboxylic acids is 1. The third-order valence-corrected chi connectivity index (χ3v) is 1.15. The number of nitrogens with zero attached hydrogens (tertiary/aromatic N) is 2. The van der Waals surface area contributed by atoms with E-state index in [1.54, 1.807) is 0 Å². The fraction of sp³-hybridized carbons (Fsp3) is 0.167. The van der Waals surface area contributed by atoms with Gasteiger partial charge in [0.1, 0.15) is 0 Å². The molecule has 1 heterocycles. The second kappa shape index (κ2) is 3.24. The summed E-state index contributed by atoms with van der Waals surface area (Å²) in [5.41, 5.74) is -0.0978. The number of aromatic carboxylic acids is 1. The molecular formula is C6H6N2O4. The molecule has 64 valence electrons. The van der Waals surface area contributed by atoms with E-state index in [2.05, 4.69) is 9.97 Å². The highest BCUT2D eigenvalue weighted by Gasteiger charge is 2.08. The zero-order valence-corrected chi connectivity index (χ0v) is 5.88. The van der Waals surface area contributed by atoms with Gasteiger partial charge in [0, 0.05) is 12.4 Å². The minimum atomic E-state index is -1.77. The summed E-state index contributed by atoms with van der Waals surface area (Å²) in [4.78, 5) is 17.1. The number of carbonyl (C=O) groups is 1. The topological polar surface area (TPSA) is 104 Å². The van der Waals surface area contributed by atoms with E-state index in [0.717, 1.165) is 12.4 Å². The summed E-state index contributed by atoms with van der Waals surface area (Å²) in [7, 11) is 0. The molecule has 0 amide bonds. The Bertz CT molecular complexity index is 282. The standard InChI is InChI=1S/C6H6N2O4/c9-5(10)3-1-7-4(6(11)12)8-2-3/h1-2,6,11-12H,(H,9,10). The van der Waals surface area contributed by atoms with Crippen LogP contribution >= 0.6 is 0 Å². The van der Waals surface area contributed by atoms with Crippen LogP contribution in [0.4, 0.5) is 0 Å². The minimum absolute atomic E-state index is 0.0978. The number of aliphatic hydroxyl groups is 2. The summed E-state index contributed by atoms with van der Waals surface area (Å²) in [6.07, 6.45) is 0.238. The molecule has 3 N–H and O–H groups in total. The number of hydrogen-bond donors (Lipinski definition) is 3. The molecule has 0 aliphatic heterocycles. The molecule has 6 heteroatoms. The molecule has 0 unspecified atom stereocenters. The Morgan fingerprint density at radius 1 is 1.33 bits per heavy atom. The maximum atomic E-state index is 10.3. The Morgan fingerprint density at radius 3 is 2.17 bits per heavy atom. The maximum absolute atomic E-state index is 10.3. The van der Waals surface area contributed by atoms with Gasteiger partial charge < -0.3 is 15.3 Å². The molecule has 0 saturated carbocycles. The highest BCUT2D eigenvalue weighted by atomic mass is 16.5. The molecule has 0 atom stereocenters. The van der Waals surface area contributed by atoms with Crippen LogP contribution < -0.4 is 0 Å². The van der Waals surface area contributed by atoms with E-state index in [4.69, 9.17) is 15.3 Å². The molecule has 1 aromatic heterocycles. The van der Waals surface area contributed by atoms with Crippen molar-refractivity contribution in [2.75, 3.05) is 0 Å². The Balaban J connectivity index is 2.93. The second-order valence-corrected chi connectivity index (χ2v) is 2.01. The predicted molar refractivity (Wildman–Crippen MR) is 36.2 cm³/mol. The zero-order chi connectivity index (χ0) is 9.14. The molecule has 1 aromatic rings. The molecule has 0 bridgehead atoms. The van der Waals surface area contributed by atoms with E-state index in [1.165, 1.54) is 0 Å². The van der Waals surface area contributed by atoms with Crippen molar-refractivity contribution in [3.05, 3.63) is 23.8 Å².